The van der Waals surface area contributed by atoms with Crippen LogP contribution in [0.2, 0.25) is 5.02 Å². The number of ether oxygens (including phenoxy) is 2. The molecule has 0 saturated heterocycles. The second kappa shape index (κ2) is 8.53. The highest BCUT2D eigenvalue weighted by atomic mass is 35.5. The first-order valence-electron chi connectivity index (χ1n) is 9.02. The van der Waals surface area contributed by atoms with Gasteiger partial charge in [0.25, 0.3) is 5.91 Å². The largest absolute Gasteiger partial charge is 0.497 e. The number of anilines is 1. The molecule has 1 N–H and O–H groups in total. The highest BCUT2D eigenvalue weighted by Crippen LogP contribution is 2.30. The van der Waals surface area contributed by atoms with Crippen molar-refractivity contribution in [1.82, 2.24) is 10.3 Å². The molecule has 0 bridgehead atoms. The Kier molecular flexibility index (Phi) is 6.08. The minimum atomic E-state index is -0.767. The summed E-state index contributed by atoms with van der Waals surface area (Å²) in [6.07, 6.45) is -0.767. The number of nitrogens with zero attached hydrogens (tertiary/aromatic N) is 2. The molecule has 1 heterocycles. The van der Waals surface area contributed by atoms with Crippen LogP contribution in [0.25, 0.3) is 11.3 Å². The van der Waals surface area contributed by atoms with Crippen LogP contribution in [0.3, 0.4) is 0 Å². The van der Waals surface area contributed by atoms with Crippen molar-refractivity contribution in [2.45, 2.75) is 33.8 Å². The van der Waals surface area contributed by atoms with Crippen LogP contribution in [0.4, 0.5) is 5.82 Å². The van der Waals surface area contributed by atoms with Crippen molar-refractivity contribution >= 4 is 23.3 Å². The third-order valence-electron chi connectivity index (χ3n) is 4.51. The number of benzene rings is 2. The lowest BCUT2D eigenvalue weighted by Gasteiger charge is -2.16. The summed E-state index contributed by atoms with van der Waals surface area (Å²) >= 11 is 6.18. The number of methoxy groups -OCH3 is 1. The molecular formula is C21H22ClN3O4. The van der Waals surface area contributed by atoms with Crippen LogP contribution in [0, 0.1) is 20.8 Å². The van der Waals surface area contributed by atoms with Gasteiger partial charge < -0.3 is 14.8 Å². The summed E-state index contributed by atoms with van der Waals surface area (Å²) in [5, 5.41) is 11.2. The Bertz CT molecular complexity index is 1030. The summed E-state index contributed by atoms with van der Waals surface area (Å²) in [6, 6.07) is 9.10. The van der Waals surface area contributed by atoms with E-state index in [1.165, 1.54) is 0 Å². The highest BCUT2D eigenvalue weighted by molar-refractivity contribution is 6.32. The number of aromatic nitrogens is 2. The summed E-state index contributed by atoms with van der Waals surface area (Å²) in [5.41, 5.74) is 3.88. The van der Waals surface area contributed by atoms with Crippen LogP contribution in [0.1, 0.15) is 23.6 Å². The van der Waals surface area contributed by atoms with Crippen molar-refractivity contribution in [2.75, 3.05) is 12.4 Å². The average Bonchev–Trinajstić information content (AvgIpc) is 3.13. The predicted molar refractivity (Wildman–Crippen MR) is 111 cm³/mol. The van der Waals surface area contributed by atoms with Gasteiger partial charge in [-0.25, -0.2) is 4.63 Å². The highest BCUT2D eigenvalue weighted by Gasteiger charge is 2.21. The Balaban J connectivity index is 1.76. The van der Waals surface area contributed by atoms with Crippen molar-refractivity contribution in [3.8, 4) is 22.8 Å². The predicted octanol–water partition coefficient (Wildman–Crippen LogP) is 4.73. The summed E-state index contributed by atoms with van der Waals surface area (Å²) in [6.45, 7) is 7.34. The fourth-order valence-electron chi connectivity index (χ4n) is 2.93. The Labute approximate surface area is 173 Å². The number of rotatable bonds is 6. The van der Waals surface area contributed by atoms with Crippen LogP contribution in [-0.2, 0) is 4.79 Å². The van der Waals surface area contributed by atoms with E-state index in [2.05, 4.69) is 15.6 Å². The molecular weight excluding hydrogens is 394 g/mol. The topological polar surface area (TPSA) is 86.5 Å². The maximum Gasteiger partial charge on any atom is 0.266 e. The molecule has 0 fully saturated rings. The van der Waals surface area contributed by atoms with Crippen molar-refractivity contribution in [3.05, 3.63) is 52.0 Å². The Hall–Kier alpha value is -3.06. The number of aryl methyl sites for hydroxylation is 3. The van der Waals surface area contributed by atoms with Crippen molar-refractivity contribution in [3.63, 3.8) is 0 Å². The van der Waals surface area contributed by atoms with Gasteiger partial charge in [-0.05, 0) is 85.0 Å². The van der Waals surface area contributed by atoms with Gasteiger partial charge in [0.1, 0.15) is 11.5 Å². The van der Waals surface area contributed by atoms with Gasteiger partial charge in [-0.2, -0.15) is 0 Å². The monoisotopic (exact) mass is 415 g/mol. The number of hydrogen-bond donors (Lipinski definition) is 1. The van der Waals surface area contributed by atoms with Crippen molar-refractivity contribution in [2.24, 2.45) is 0 Å². The minimum Gasteiger partial charge on any atom is -0.497 e. The molecule has 0 saturated carbocycles. The molecule has 2 aromatic carbocycles. The van der Waals surface area contributed by atoms with Crippen LogP contribution in [0.15, 0.2) is 35.0 Å². The minimum absolute atomic E-state index is 0.224. The number of halogens is 1. The summed E-state index contributed by atoms with van der Waals surface area (Å²) in [4.78, 5) is 12.6. The summed E-state index contributed by atoms with van der Waals surface area (Å²) in [5.74, 6) is 1.14. The van der Waals surface area contributed by atoms with E-state index in [4.69, 9.17) is 25.7 Å². The zero-order valence-corrected chi connectivity index (χ0v) is 17.6. The first-order chi connectivity index (χ1) is 13.8. The fraction of sp³-hybridized carbons (Fsp3) is 0.286. The van der Waals surface area contributed by atoms with Gasteiger partial charge in [0.15, 0.2) is 11.8 Å². The van der Waals surface area contributed by atoms with E-state index in [9.17, 15) is 4.79 Å². The summed E-state index contributed by atoms with van der Waals surface area (Å²) < 4.78 is 15.8. The van der Waals surface area contributed by atoms with Gasteiger partial charge >= 0.3 is 0 Å². The Morgan fingerprint density at radius 3 is 2.34 bits per heavy atom. The van der Waals surface area contributed by atoms with E-state index in [-0.39, 0.29) is 11.7 Å². The van der Waals surface area contributed by atoms with Crippen LogP contribution in [-0.4, -0.2) is 29.4 Å². The molecule has 0 spiro atoms. The molecule has 1 unspecified atom stereocenters. The second-order valence-electron chi connectivity index (χ2n) is 6.76. The quantitative estimate of drug-likeness (QED) is 0.626. The van der Waals surface area contributed by atoms with E-state index >= 15 is 0 Å². The zero-order valence-electron chi connectivity index (χ0n) is 16.9. The normalized spacial score (nSPS) is 11.8. The standard InChI is InChI=1S/C21H22ClN3O4/c1-11-8-15(27-5)6-7-17(11)19-20(25-29-24-19)23-21(26)14(4)28-16-9-12(2)18(22)13(3)10-16/h6-10,14H,1-5H3,(H,23,25,26). The number of hydrogen-bond acceptors (Lipinski definition) is 6. The van der Waals surface area contributed by atoms with Gasteiger partial charge in [-0.3, -0.25) is 4.79 Å². The molecule has 1 amide bonds. The van der Waals surface area contributed by atoms with Gasteiger partial charge in [0.05, 0.1) is 7.11 Å². The molecule has 0 radical (unpaired) electrons. The van der Waals surface area contributed by atoms with Crippen LogP contribution < -0.4 is 14.8 Å². The molecule has 3 aromatic rings. The number of carbonyl (C=O) groups excluding carboxylic acids is 1. The molecule has 1 aromatic heterocycles. The SMILES string of the molecule is COc1ccc(-c2nonc2NC(=O)C(C)Oc2cc(C)c(Cl)c(C)c2)c(C)c1. The third-order valence-corrected chi connectivity index (χ3v) is 5.11. The van der Waals surface area contributed by atoms with E-state index in [0.29, 0.717) is 16.5 Å². The Morgan fingerprint density at radius 2 is 1.72 bits per heavy atom. The number of amides is 1. The lowest BCUT2D eigenvalue weighted by Crippen LogP contribution is -2.30. The molecule has 3 rings (SSSR count). The first kappa shape index (κ1) is 20.7. The van der Waals surface area contributed by atoms with E-state index in [0.717, 1.165) is 28.0 Å². The van der Waals surface area contributed by atoms with Crippen LogP contribution in [0.5, 0.6) is 11.5 Å². The zero-order chi connectivity index (χ0) is 21.1. The second-order valence-corrected chi connectivity index (χ2v) is 7.14. The molecule has 0 aliphatic heterocycles. The van der Waals surface area contributed by atoms with E-state index in [1.807, 2.05) is 32.9 Å². The lowest BCUT2D eigenvalue weighted by molar-refractivity contribution is -0.122. The van der Waals surface area contributed by atoms with Gasteiger partial charge in [-0.15, -0.1) is 0 Å². The molecule has 152 valence electrons. The average molecular weight is 416 g/mol. The molecule has 7 nitrogen and oxygen atoms in total. The molecule has 1 atom stereocenters. The third kappa shape index (κ3) is 4.51. The van der Waals surface area contributed by atoms with E-state index in [1.54, 1.807) is 32.2 Å². The summed E-state index contributed by atoms with van der Waals surface area (Å²) in [7, 11) is 1.60. The molecule has 8 heteroatoms. The van der Waals surface area contributed by atoms with Gasteiger partial charge in [0, 0.05) is 10.6 Å². The first-order valence-corrected chi connectivity index (χ1v) is 9.39. The molecule has 0 aliphatic carbocycles. The maximum absolute atomic E-state index is 12.6. The number of nitrogens with one attached hydrogen (secondary N) is 1. The van der Waals surface area contributed by atoms with E-state index < -0.39 is 6.10 Å². The lowest BCUT2D eigenvalue weighted by atomic mass is 10.1. The van der Waals surface area contributed by atoms with Crippen LogP contribution >= 0.6 is 11.6 Å². The molecule has 0 aliphatic rings. The maximum atomic E-state index is 12.6. The Morgan fingerprint density at radius 1 is 1.07 bits per heavy atom. The van der Waals surface area contributed by atoms with Gasteiger partial charge in [-0.1, -0.05) is 11.6 Å². The molecule has 29 heavy (non-hydrogen) atoms. The number of carbonyl (C=O) groups is 1. The van der Waals surface area contributed by atoms with Crippen molar-refractivity contribution in [1.29, 1.82) is 0 Å². The van der Waals surface area contributed by atoms with Crippen molar-refractivity contribution < 1.29 is 18.9 Å². The smallest absolute Gasteiger partial charge is 0.266 e. The fourth-order valence-corrected chi connectivity index (χ4v) is 3.04. The van der Waals surface area contributed by atoms with Gasteiger partial charge in [0.2, 0.25) is 5.82 Å².